The summed E-state index contributed by atoms with van der Waals surface area (Å²) >= 11 is 0. The van der Waals surface area contributed by atoms with Gasteiger partial charge in [-0.15, -0.1) is 0 Å². The first-order chi connectivity index (χ1) is 13.4. The first kappa shape index (κ1) is 19.7. The molecule has 2 fully saturated rings. The summed E-state index contributed by atoms with van der Waals surface area (Å²) in [5.41, 5.74) is -0.317. The molecule has 1 heterocycles. The summed E-state index contributed by atoms with van der Waals surface area (Å²) in [7, 11) is 0. The molecule has 1 saturated heterocycles. The van der Waals surface area contributed by atoms with E-state index < -0.39 is 41.7 Å². The molecule has 0 unspecified atom stereocenters. The predicted molar refractivity (Wildman–Crippen MR) is 96.6 cm³/mol. The Kier molecular flexibility index (Phi) is 5.81. The molecule has 0 radical (unpaired) electrons. The third-order valence-electron chi connectivity index (χ3n) is 4.90. The van der Waals surface area contributed by atoms with Gasteiger partial charge >= 0.3 is 12.1 Å². The van der Waals surface area contributed by atoms with Crippen LogP contribution in [0.25, 0.3) is 0 Å². The van der Waals surface area contributed by atoms with E-state index in [-0.39, 0.29) is 6.61 Å². The number of esters is 1. The number of benzene rings is 1. The second-order valence-corrected chi connectivity index (χ2v) is 6.97. The van der Waals surface area contributed by atoms with Crippen LogP contribution in [0.3, 0.4) is 0 Å². The van der Waals surface area contributed by atoms with Crippen LogP contribution >= 0.6 is 0 Å². The number of β-lactam (4-membered cyclic amide) rings is 1. The fourth-order valence-corrected chi connectivity index (χ4v) is 3.39. The Balaban J connectivity index is 1.59. The number of carbonyl (C=O) groups is 4. The Morgan fingerprint density at radius 1 is 1.18 bits per heavy atom. The largest absolute Gasteiger partial charge is 0.445 e. The molecule has 1 aliphatic heterocycles. The number of ether oxygens (including phenoxy) is 2. The molecule has 0 spiro atoms. The Bertz CT molecular complexity index is 760. The summed E-state index contributed by atoms with van der Waals surface area (Å²) in [4.78, 5) is 47.9. The van der Waals surface area contributed by atoms with Crippen LogP contribution in [-0.4, -0.2) is 41.7 Å². The van der Waals surface area contributed by atoms with E-state index in [1.165, 1.54) is 6.92 Å². The molecule has 9 heteroatoms. The first-order valence-corrected chi connectivity index (χ1v) is 9.17. The third kappa shape index (κ3) is 4.41. The van der Waals surface area contributed by atoms with Gasteiger partial charge in [-0.25, -0.2) is 4.79 Å². The fraction of sp³-hybridized carbons (Fsp3) is 0.474. The molecule has 0 aromatic heterocycles. The molecular weight excluding hydrogens is 366 g/mol. The average Bonchev–Trinajstić information content (AvgIpc) is 3.14. The van der Waals surface area contributed by atoms with Crippen LogP contribution in [0.15, 0.2) is 30.3 Å². The van der Waals surface area contributed by atoms with Gasteiger partial charge in [0, 0.05) is 6.92 Å². The Morgan fingerprint density at radius 2 is 1.86 bits per heavy atom. The van der Waals surface area contributed by atoms with E-state index in [9.17, 15) is 19.2 Å². The molecular formula is C19H23N3O6. The van der Waals surface area contributed by atoms with Crippen molar-refractivity contribution in [3.63, 3.8) is 0 Å². The Hall–Kier alpha value is -3.10. The summed E-state index contributed by atoms with van der Waals surface area (Å²) in [5.74, 6) is -1.50. The molecule has 1 aliphatic carbocycles. The summed E-state index contributed by atoms with van der Waals surface area (Å²) in [6.07, 6.45) is 0.790. The molecule has 9 nitrogen and oxygen atoms in total. The highest BCUT2D eigenvalue weighted by Crippen LogP contribution is 2.30. The van der Waals surface area contributed by atoms with Gasteiger partial charge in [0.05, 0.1) is 0 Å². The van der Waals surface area contributed by atoms with Gasteiger partial charge in [-0.2, -0.15) is 0 Å². The number of carbonyl (C=O) groups excluding carboxylic acids is 4. The fourth-order valence-electron chi connectivity index (χ4n) is 3.39. The number of amides is 3. The van der Waals surface area contributed by atoms with Gasteiger partial charge < -0.3 is 25.4 Å². The standard InChI is InChI=1S/C19H23N3O6/c1-12(23)28-16-14(15(24)21-16)20-17(25)19(9-5-6-10-19)22-18(26)27-11-13-7-3-2-4-8-13/h2-4,7-8,14,16H,5-6,9-11H2,1H3,(H,20,25)(H,21,24)(H,22,26)/t14-,16+/m1/s1. The number of rotatable bonds is 6. The molecule has 2 atom stereocenters. The maximum Gasteiger partial charge on any atom is 0.408 e. The second-order valence-electron chi connectivity index (χ2n) is 6.97. The monoisotopic (exact) mass is 389 g/mol. The van der Waals surface area contributed by atoms with Crippen molar-refractivity contribution >= 4 is 23.9 Å². The smallest absolute Gasteiger partial charge is 0.408 e. The minimum Gasteiger partial charge on any atom is -0.445 e. The third-order valence-corrected chi connectivity index (χ3v) is 4.90. The topological polar surface area (TPSA) is 123 Å². The summed E-state index contributed by atoms with van der Waals surface area (Å²) in [6, 6.07) is 8.22. The molecule has 1 aromatic rings. The molecule has 2 aliphatic rings. The van der Waals surface area contributed by atoms with Crippen LogP contribution < -0.4 is 16.0 Å². The lowest BCUT2D eigenvalue weighted by Crippen LogP contribution is -2.72. The molecule has 28 heavy (non-hydrogen) atoms. The van der Waals surface area contributed by atoms with Crippen LogP contribution in [-0.2, 0) is 30.5 Å². The van der Waals surface area contributed by atoms with E-state index in [0.717, 1.165) is 18.4 Å². The van der Waals surface area contributed by atoms with E-state index in [0.29, 0.717) is 12.8 Å². The Labute approximate surface area is 162 Å². The van der Waals surface area contributed by atoms with Crippen molar-refractivity contribution < 1.29 is 28.7 Å². The van der Waals surface area contributed by atoms with E-state index in [1.54, 1.807) is 0 Å². The quantitative estimate of drug-likeness (QED) is 0.487. The molecule has 3 N–H and O–H groups in total. The molecule has 3 amide bonds. The zero-order chi connectivity index (χ0) is 20.1. The summed E-state index contributed by atoms with van der Waals surface area (Å²) in [5, 5.41) is 7.66. The van der Waals surface area contributed by atoms with Crippen molar-refractivity contribution in [3.8, 4) is 0 Å². The highest BCUT2D eigenvalue weighted by atomic mass is 16.6. The molecule has 150 valence electrons. The predicted octanol–water partition coefficient (Wildman–Crippen LogP) is 0.729. The SMILES string of the molecule is CC(=O)O[C@@H]1NC(=O)[C@H]1NC(=O)C1(NC(=O)OCc2ccccc2)CCCC1. The van der Waals surface area contributed by atoms with E-state index in [4.69, 9.17) is 9.47 Å². The van der Waals surface area contributed by atoms with Gasteiger partial charge in [-0.3, -0.25) is 14.4 Å². The van der Waals surface area contributed by atoms with Gasteiger partial charge in [0.1, 0.15) is 12.1 Å². The van der Waals surface area contributed by atoms with Crippen LogP contribution in [0.1, 0.15) is 38.2 Å². The van der Waals surface area contributed by atoms with E-state index in [1.807, 2.05) is 30.3 Å². The van der Waals surface area contributed by atoms with Crippen molar-refractivity contribution in [2.75, 3.05) is 0 Å². The Morgan fingerprint density at radius 3 is 2.46 bits per heavy atom. The van der Waals surface area contributed by atoms with Crippen LogP contribution in [0.2, 0.25) is 0 Å². The highest BCUT2D eigenvalue weighted by molar-refractivity contribution is 5.97. The average molecular weight is 389 g/mol. The second kappa shape index (κ2) is 8.28. The van der Waals surface area contributed by atoms with Gasteiger partial charge in [0.25, 0.3) is 5.91 Å². The van der Waals surface area contributed by atoms with Crippen molar-refractivity contribution in [1.29, 1.82) is 0 Å². The molecule has 1 aromatic carbocycles. The zero-order valence-corrected chi connectivity index (χ0v) is 15.5. The van der Waals surface area contributed by atoms with Crippen molar-refractivity contribution in [1.82, 2.24) is 16.0 Å². The molecule has 0 bridgehead atoms. The van der Waals surface area contributed by atoms with Crippen LogP contribution in [0.5, 0.6) is 0 Å². The number of alkyl carbamates (subject to hydrolysis) is 1. The summed E-state index contributed by atoms with van der Waals surface area (Å²) in [6.45, 7) is 1.30. The lowest BCUT2D eigenvalue weighted by Gasteiger charge is -2.38. The number of nitrogens with one attached hydrogen (secondary N) is 3. The van der Waals surface area contributed by atoms with Crippen molar-refractivity contribution in [2.24, 2.45) is 0 Å². The highest BCUT2D eigenvalue weighted by Gasteiger charge is 2.49. The van der Waals surface area contributed by atoms with Gasteiger partial charge in [-0.05, 0) is 18.4 Å². The summed E-state index contributed by atoms with van der Waals surface area (Å²) < 4.78 is 10.2. The van der Waals surface area contributed by atoms with Crippen LogP contribution in [0, 0.1) is 0 Å². The lowest BCUT2D eigenvalue weighted by molar-refractivity contribution is -0.164. The normalized spacial score (nSPS) is 22.4. The number of hydrogen-bond donors (Lipinski definition) is 3. The molecule has 1 saturated carbocycles. The van der Waals surface area contributed by atoms with Crippen LogP contribution in [0.4, 0.5) is 4.79 Å². The van der Waals surface area contributed by atoms with E-state index >= 15 is 0 Å². The first-order valence-electron chi connectivity index (χ1n) is 9.17. The van der Waals surface area contributed by atoms with Gasteiger partial charge in [0.2, 0.25) is 12.1 Å². The minimum absolute atomic E-state index is 0.0872. The van der Waals surface area contributed by atoms with Gasteiger partial charge in [0.15, 0.2) is 6.04 Å². The van der Waals surface area contributed by atoms with Crippen molar-refractivity contribution in [2.45, 2.75) is 57.0 Å². The maximum atomic E-state index is 12.9. The lowest BCUT2D eigenvalue weighted by atomic mass is 9.95. The maximum absolute atomic E-state index is 12.9. The van der Waals surface area contributed by atoms with Gasteiger partial charge in [-0.1, -0.05) is 43.2 Å². The molecule has 3 rings (SSSR count). The number of hydrogen-bond acceptors (Lipinski definition) is 6. The van der Waals surface area contributed by atoms with Crippen molar-refractivity contribution in [3.05, 3.63) is 35.9 Å². The zero-order valence-electron chi connectivity index (χ0n) is 15.5. The van der Waals surface area contributed by atoms with E-state index in [2.05, 4.69) is 16.0 Å². The minimum atomic E-state index is -1.15.